The molecule has 2 aromatic rings. The van der Waals surface area contributed by atoms with E-state index in [1.165, 1.54) is 24.0 Å². The Morgan fingerprint density at radius 1 is 1.25 bits per heavy atom. The second kappa shape index (κ2) is 5.98. The summed E-state index contributed by atoms with van der Waals surface area (Å²) >= 11 is 1.77. The molecule has 1 fully saturated rings. The summed E-state index contributed by atoms with van der Waals surface area (Å²) in [5.41, 5.74) is 2.76. The molecule has 0 amide bonds. The molecule has 106 valence electrons. The molecular formula is C17H21NOS. The zero-order chi connectivity index (χ0) is 13.9. The minimum absolute atomic E-state index is 0.449. The van der Waals surface area contributed by atoms with Gasteiger partial charge in [0, 0.05) is 12.1 Å². The lowest BCUT2D eigenvalue weighted by Gasteiger charge is -2.38. The van der Waals surface area contributed by atoms with Gasteiger partial charge in [0.2, 0.25) is 0 Å². The minimum Gasteiger partial charge on any atom is -0.496 e. The predicted molar refractivity (Wildman–Crippen MR) is 84.6 cm³/mol. The van der Waals surface area contributed by atoms with Gasteiger partial charge < -0.3 is 10.1 Å². The third-order valence-electron chi connectivity index (χ3n) is 4.25. The van der Waals surface area contributed by atoms with E-state index < -0.39 is 0 Å². The zero-order valence-electron chi connectivity index (χ0n) is 12.0. The first-order valence-electron chi connectivity index (χ1n) is 7.19. The summed E-state index contributed by atoms with van der Waals surface area (Å²) in [4.78, 5) is 0. The van der Waals surface area contributed by atoms with Crippen LogP contribution in [-0.4, -0.2) is 13.2 Å². The fourth-order valence-corrected chi connectivity index (χ4v) is 3.74. The maximum absolute atomic E-state index is 5.46. The van der Waals surface area contributed by atoms with Gasteiger partial charge in [-0.1, -0.05) is 18.2 Å². The van der Waals surface area contributed by atoms with Crippen LogP contribution in [0.1, 0.15) is 42.9 Å². The van der Waals surface area contributed by atoms with E-state index in [0.29, 0.717) is 18.0 Å². The average Bonchev–Trinajstić information content (AvgIpc) is 2.96. The number of hydrogen-bond donors (Lipinski definition) is 1. The first kappa shape index (κ1) is 13.7. The highest BCUT2D eigenvalue weighted by atomic mass is 32.1. The highest BCUT2D eigenvalue weighted by molar-refractivity contribution is 7.07. The number of methoxy groups -OCH3 is 1. The summed E-state index contributed by atoms with van der Waals surface area (Å²) in [6.45, 7) is 2.25. The molecule has 3 rings (SSSR count). The second-order valence-electron chi connectivity index (χ2n) is 5.55. The minimum atomic E-state index is 0.449. The van der Waals surface area contributed by atoms with Gasteiger partial charge >= 0.3 is 0 Å². The van der Waals surface area contributed by atoms with Gasteiger partial charge in [0.05, 0.1) is 7.11 Å². The molecule has 0 aliphatic heterocycles. The van der Waals surface area contributed by atoms with Crippen molar-refractivity contribution in [2.45, 2.75) is 37.8 Å². The van der Waals surface area contributed by atoms with Crippen molar-refractivity contribution in [3.8, 4) is 5.75 Å². The van der Waals surface area contributed by atoms with Gasteiger partial charge in [0.25, 0.3) is 0 Å². The van der Waals surface area contributed by atoms with Crippen LogP contribution in [0, 0.1) is 0 Å². The van der Waals surface area contributed by atoms with Crippen molar-refractivity contribution in [2.75, 3.05) is 7.11 Å². The van der Waals surface area contributed by atoms with Gasteiger partial charge in [-0.15, -0.1) is 0 Å². The van der Waals surface area contributed by atoms with Crippen LogP contribution < -0.4 is 10.1 Å². The van der Waals surface area contributed by atoms with Crippen molar-refractivity contribution < 1.29 is 4.74 Å². The molecule has 1 aliphatic rings. The fourth-order valence-electron chi connectivity index (χ4n) is 2.98. The lowest BCUT2D eigenvalue weighted by atomic mass is 9.75. The molecule has 1 unspecified atom stereocenters. The van der Waals surface area contributed by atoms with Crippen molar-refractivity contribution >= 4 is 11.3 Å². The van der Waals surface area contributed by atoms with E-state index in [-0.39, 0.29) is 0 Å². The van der Waals surface area contributed by atoms with Crippen molar-refractivity contribution in [1.82, 2.24) is 5.32 Å². The molecule has 1 aromatic heterocycles. The third kappa shape index (κ3) is 2.74. The zero-order valence-corrected chi connectivity index (χ0v) is 12.8. The molecule has 0 saturated heterocycles. The largest absolute Gasteiger partial charge is 0.496 e. The summed E-state index contributed by atoms with van der Waals surface area (Å²) in [6.07, 6.45) is 2.41. The van der Waals surface area contributed by atoms with Gasteiger partial charge in [0.15, 0.2) is 0 Å². The molecular weight excluding hydrogens is 266 g/mol. The highest BCUT2D eigenvalue weighted by Gasteiger charge is 2.32. The molecule has 0 bridgehead atoms. The lowest BCUT2D eigenvalue weighted by molar-refractivity contribution is 0.265. The van der Waals surface area contributed by atoms with E-state index in [9.17, 15) is 0 Å². The Labute approximate surface area is 124 Å². The van der Waals surface area contributed by atoms with Crippen molar-refractivity contribution in [3.05, 3.63) is 52.2 Å². The third-order valence-corrected chi connectivity index (χ3v) is 4.95. The molecule has 1 aliphatic carbocycles. The van der Waals surface area contributed by atoms with Crippen LogP contribution in [0.2, 0.25) is 0 Å². The van der Waals surface area contributed by atoms with Crippen LogP contribution >= 0.6 is 11.3 Å². The van der Waals surface area contributed by atoms with E-state index in [4.69, 9.17) is 4.74 Å². The summed E-state index contributed by atoms with van der Waals surface area (Å²) < 4.78 is 5.46. The molecule has 1 saturated carbocycles. The normalized spacial score (nSPS) is 23.1. The molecule has 3 heteroatoms. The Bertz CT molecular complexity index is 546. The number of hydrogen-bond acceptors (Lipinski definition) is 3. The predicted octanol–water partition coefficient (Wildman–Crippen LogP) is 4.35. The smallest absolute Gasteiger partial charge is 0.122 e. The summed E-state index contributed by atoms with van der Waals surface area (Å²) in [5.74, 6) is 1.67. The van der Waals surface area contributed by atoms with Crippen LogP contribution in [0.25, 0.3) is 0 Å². The van der Waals surface area contributed by atoms with Crippen LogP contribution in [0.3, 0.4) is 0 Å². The van der Waals surface area contributed by atoms with Crippen molar-refractivity contribution in [3.63, 3.8) is 0 Å². The first-order chi connectivity index (χ1) is 9.78. The second-order valence-corrected chi connectivity index (χ2v) is 6.33. The average molecular weight is 287 g/mol. The Hall–Kier alpha value is -1.32. The Kier molecular flexibility index (Phi) is 4.08. The quantitative estimate of drug-likeness (QED) is 0.882. The molecule has 1 N–H and O–H groups in total. The number of nitrogens with one attached hydrogen (secondary N) is 1. The van der Waals surface area contributed by atoms with E-state index >= 15 is 0 Å². The molecule has 20 heavy (non-hydrogen) atoms. The molecule has 0 radical (unpaired) electrons. The monoisotopic (exact) mass is 287 g/mol. The van der Waals surface area contributed by atoms with Crippen molar-refractivity contribution in [1.29, 1.82) is 0 Å². The van der Waals surface area contributed by atoms with E-state index in [2.05, 4.69) is 47.3 Å². The van der Waals surface area contributed by atoms with E-state index in [1.54, 1.807) is 18.4 Å². The van der Waals surface area contributed by atoms with Gasteiger partial charge in [-0.2, -0.15) is 11.3 Å². The number of benzene rings is 1. The van der Waals surface area contributed by atoms with E-state index in [0.717, 1.165) is 5.75 Å². The number of para-hydroxylation sites is 1. The Morgan fingerprint density at radius 3 is 2.75 bits per heavy atom. The molecule has 1 aromatic carbocycles. The molecule has 1 atom stereocenters. The molecule has 1 heterocycles. The maximum Gasteiger partial charge on any atom is 0.122 e. The SMILES string of the molecule is COc1ccccc1C1CC(NC(C)c2ccsc2)C1. The highest BCUT2D eigenvalue weighted by Crippen LogP contribution is 2.41. The fraction of sp³-hybridized carbons (Fsp3) is 0.412. The molecule has 0 spiro atoms. The summed E-state index contributed by atoms with van der Waals surface area (Å²) in [5, 5.41) is 8.10. The Balaban J connectivity index is 1.56. The van der Waals surface area contributed by atoms with Crippen LogP contribution in [0.4, 0.5) is 0 Å². The molecule has 2 nitrogen and oxygen atoms in total. The standard InChI is InChI=1S/C17H21NOS/c1-12(13-7-8-20-11-13)18-15-9-14(10-15)16-5-3-4-6-17(16)19-2/h3-8,11-12,14-15,18H,9-10H2,1-2H3. The van der Waals surface area contributed by atoms with Gasteiger partial charge in [0.1, 0.15) is 5.75 Å². The lowest BCUT2D eigenvalue weighted by Crippen LogP contribution is -2.41. The van der Waals surface area contributed by atoms with Crippen LogP contribution in [0.5, 0.6) is 5.75 Å². The van der Waals surface area contributed by atoms with Gasteiger partial charge in [-0.25, -0.2) is 0 Å². The van der Waals surface area contributed by atoms with Gasteiger partial charge in [-0.05, 0) is 59.7 Å². The number of thiophene rings is 1. The van der Waals surface area contributed by atoms with Crippen LogP contribution in [0.15, 0.2) is 41.1 Å². The van der Waals surface area contributed by atoms with E-state index in [1.807, 2.05) is 6.07 Å². The van der Waals surface area contributed by atoms with Crippen molar-refractivity contribution in [2.24, 2.45) is 0 Å². The maximum atomic E-state index is 5.46. The topological polar surface area (TPSA) is 21.3 Å². The Morgan fingerprint density at radius 2 is 2.05 bits per heavy atom. The summed E-state index contributed by atoms with van der Waals surface area (Å²) in [7, 11) is 1.76. The number of ether oxygens (including phenoxy) is 1. The summed E-state index contributed by atoms with van der Waals surface area (Å²) in [6, 6.07) is 11.7. The first-order valence-corrected chi connectivity index (χ1v) is 8.13. The van der Waals surface area contributed by atoms with Crippen LogP contribution in [-0.2, 0) is 0 Å². The number of rotatable bonds is 5. The van der Waals surface area contributed by atoms with Gasteiger partial charge in [-0.3, -0.25) is 0 Å².